The Balaban J connectivity index is 1.45. The maximum atomic E-state index is 12.5. The van der Waals surface area contributed by atoms with Crippen LogP contribution in [0.4, 0.5) is 0 Å². The fourth-order valence-electron chi connectivity index (χ4n) is 3.48. The molecule has 2 unspecified atom stereocenters. The van der Waals surface area contributed by atoms with Gasteiger partial charge in [0.05, 0.1) is 0 Å². The number of rotatable bonds is 5. The highest BCUT2D eigenvalue weighted by Crippen LogP contribution is 2.30. The van der Waals surface area contributed by atoms with E-state index in [-0.39, 0.29) is 17.7 Å². The van der Waals surface area contributed by atoms with Gasteiger partial charge in [-0.15, -0.1) is 0 Å². The number of aromatic nitrogens is 2. The van der Waals surface area contributed by atoms with Crippen LogP contribution in [0.3, 0.4) is 0 Å². The van der Waals surface area contributed by atoms with E-state index >= 15 is 0 Å². The molecule has 4 rings (SSSR count). The summed E-state index contributed by atoms with van der Waals surface area (Å²) in [5.41, 5.74) is 2.01. The normalized spacial score (nSPS) is 18.1. The van der Waals surface area contributed by atoms with Crippen molar-refractivity contribution in [2.75, 3.05) is 13.1 Å². The highest BCUT2D eigenvalue weighted by molar-refractivity contribution is 6.30. The van der Waals surface area contributed by atoms with Crippen LogP contribution in [-0.4, -0.2) is 34.0 Å². The van der Waals surface area contributed by atoms with Gasteiger partial charge >= 0.3 is 0 Å². The van der Waals surface area contributed by atoms with Gasteiger partial charge in [-0.2, -0.15) is 4.98 Å². The standard InChI is InChI=1S/C21H20ClN3O2/c1-14(15-6-3-2-4-7-15)12-25-13-17(11-19(25)26)20-23-21(27-24-20)16-8-5-9-18(22)10-16/h2-10,14,17H,11-13H2,1H3. The fraction of sp³-hybridized carbons (Fsp3) is 0.286. The molecular formula is C21H20ClN3O2. The number of hydrogen-bond acceptors (Lipinski definition) is 4. The molecule has 6 heteroatoms. The molecule has 1 amide bonds. The second kappa shape index (κ2) is 7.53. The van der Waals surface area contributed by atoms with E-state index in [2.05, 4.69) is 29.2 Å². The molecule has 0 aliphatic carbocycles. The molecule has 1 saturated heterocycles. The molecule has 2 atom stereocenters. The number of amides is 1. The minimum Gasteiger partial charge on any atom is -0.341 e. The van der Waals surface area contributed by atoms with E-state index in [9.17, 15) is 4.79 Å². The zero-order chi connectivity index (χ0) is 18.8. The van der Waals surface area contributed by atoms with Gasteiger partial charge in [0, 0.05) is 36.0 Å². The average molecular weight is 382 g/mol. The van der Waals surface area contributed by atoms with Crippen LogP contribution in [0.15, 0.2) is 59.1 Å². The first-order valence-electron chi connectivity index (χ1n) is 9.02. The van der Waals surface area contributed by atoms with Crippen molar-refractivity contribution in [3.8, 4) is 11.5 Å². The molecule has 27 heavy (non-hydrogen) atoms. The molecule has 3 aromatic rings. The number of halogens is 1. The van der Waals surface area contributed by atoms with Crippen molar-refractivity contribution in [3.05, 3.63) is 71.0 Å². The molecule has 0 N–H and O–H groups in total. The largest absolute Gasteiger partial charge is 0.341 e. The number of likely N-dealkylation sites (tertiary alicyclic amines) is 1. The van der Waals surface area contributed by atoms with Crippen molar-refractivity contribution in [1.29, 1.82) is 0 Å². The zero-order valence-electron chi connectivity index (χ0n) is 15.0. The first-order chi connectivity index (χ1) is 13.1. The number of nitrogens with zero attached hydrogens (tertiary/aromatic N) is 3. The van der Waals surface area contributed by atoms with Crippen molar-refractivity contribution in [3.63, 3.8) is 0 Å². The summed E-state index contributed by atoms with van der Waals surface area (Å²) in [6.07, 6.45) is 0.413. The lowest BCUT2D eigenvalue weighted by atomic mass is 10.0. The minimum absolute atomic E-state index is 0.0443. The first-order valence-corrected chi connectivity index (χ1v) is 9.40. The van der Waals surface area contributed by atoms with Crippen LogP contribution in [0.5, 0.6) is 0 Å². The van der Waals surface area contributed by atoms with Gasteiger partial charge in [-0.05, 0) is 29.7 Å². The predicted molar refractivity (Wildman–Crippen MR) is 104 cm³/mol. The fourth-order valence-corrected chi connectivity index (χ4v) is 3.67. The summed E-state index contributed by atoms with van der Waals surface area (Å²) in [5.74, 6) is 1.37. The van der Waals surface area contributed by atoms with Gasteiger partial charge in [-0.25, -0.2) is 0 Å². The summed E-state index contributed by atoms with van der Waals surface area (Å²) < 4.78 is 5.39. The van der Waals surface area contributed by atoms with E-state index < -0.39 is 0 Å². The number of carbonyl (C=O) groups excluding carboxylic acids is 1. The van der Waals surface area contributed by atoms with Crippen LogP contribution in [0, 0.1) is 0 Å². The van der Waals surface area contributed by atoms with Crippen molar-refractivity contribution in [1.82, 2.24) is 15.0 Å². The molecule has 1 fully saturated rings. The molecule has 0 bridgehead atoms. The Morgan fingerprint density at radius 3 is 2.81 bits per heavy atom. The Hall–Kier alpha value is -2.66. The van der Waals surface area contributed by atoms with Gasteiger partial charge in [0.2, 0.25) is 5.91 Å². The van der Waals surface area contributed by atoms with Crippen molar-refractivity contribution in [2.45, 2.75) is 25.2 Å². The van der Waals surface area contributed by atoms with Crippen molar-refractivity contribution in [2.24, 2.45) is 0 Å². The molecule has 0 radical (unpaired) electrons. The van der Waals surface area contributed by atoms with Crippen molar-refractivity contribution >= 4 is 17.5 Å². The first kappa shape index (κ1) is 17.7. The van der Waals surface area contributed by atoms with E-state index in [1.165, 1.54) is 5.56 Å². The van der Waals surface area contributed by atoms with Gasteiger partial charge in [-0.1, -0.05) is 60.1 Å². The van der Waals surface area contributed by atoms with Crippen LogP contribution in [0.1, 0.15) is 36.6 Å². The lowest BCUT2D eigenvalue weighted by molar-refractivity contribution is -0.127. The average Bonchev–Trinajstić information content (AvgIpc) is 3.30. The van der Waals surface area contributed by atoms with E-state index in [0.717, 1.165) is 5.56 Å². The second-order valence-corrected chi connectivity index (χ2v) is 7.42. The highest BCUT2D eigenvalue weighted by atomic mass is 35.5. The molecule has 0 spiro atoms. The Morgan fingerprint density at radius 2 is 2.04 bits per heavy atom. The topological polar surface area (TPSA) is 59.2 Å². The summed E-state index contributed by atoms with van der Waals surface area (Å²) in [6.45, 7) is 3.45. The molecule has 2 heterocycles. The van der Waals surface area contributed by atoms with Crippen LogP contribution < -0.4 is 0 Å². The third kappa shape index (κ3) is 3.88. The Morgan fingerprint density at radius 1 is 1.22 bits per heavy atom. The van der Waals surface area contributed by atoms with E-state index in [4.69, 9.17) is 16.1 Å². The van der Waals surface area contributed by atoms with Crippen LogP contribution in [-0.2, 0) is 4.79 Å². The molecule has 2 aromatic carbocycles. The summed E-state index contributed by atoms with van der Waals surface area (Å²) in [5, 5.41) is 4.72. The molecule has 0 saturated carbocycles. The maximum absolute atomic E-state index is 12.5. The highest BCUT2D eigenvalue weighted by Gasteiger charge is 2.34. The van der Waals surface area contributed by atoms with Crippen molar-refractivity contribution < 1.29 is 9.32 Å². The van der Waals surface area contributed by atoms with Gasteiger partial charge in [0.25, 0.3) is 5.89 Å². The maximum Gasteiger partial charge on any atom is 0.257 e. The van der Waals surface area contributed by atoms with E-state index in [1.807, 2.05) is 35.2 Å². The lowest BCUT2D eigenvalue weighted by Crippen LogP contribution is -2.29. The molecule has 138 valence electrons. The summed E-state index contributed by atoms with van der Waals surface area (Å²) in [7, 11) is 0. The van der Waals surface area contributed by atoms with Crippen LogP contribution in [0.25, 0.3) is 11.5 Å². The Bertz CT molecular complexity index is 941. The zero-order valence-corrected chi connectivity index (χ0v) is 15.8. The Kier molecular flexibility index (Phi) is 4.94. The van der Waals surface area contributed by atoms with Gasteiger partial charge in [0.15, 0.2) is 5.82 Å². The SMILES string of the molecule is CC(CN1CC(c2noc(-c3cccc(Cl)c3)n2)CC1=O)c1ccccc1. The third-order valence-corrected chi connectivity index (χ3v) is 5.19. The summed E-state index contributed by atoms with van der Waals surface area (Å²) in [6, 6.07) is 17.5. The molecule has 1 aromatic heterocycles. The van der Waals surface area contributed by atoms with Gasteiger partial charge in [0.1, 0.15) is 0 Å². The van der Waals surface area contributed by atoms with Crippen LogP contribution >= 0.6 is 11.6 Å². The summed E-state index contributed by atoms with van der Waals surface area (Å²) in [4.78, 5) is 18.9. The number of hydrogen-bond donors (Lipinski definition) is 0. The molecule has 1 aliphatic rings. The second-order valence-electron chi connectivity index (χ2n) is 6.98. The Labute approximate surface area is 163 Å². The molecule has 1 aliphatic heterocycles. The molecule has 5 nitrogen and oxygen atoms in total. The third-order valence-electron chi connectivity index (χ3n) is 4.96. The van der Waals surface area contributed by atoms with Gasteiger partial charge < -0.3 is 9.42 Å². The summed E-state index contributed by atoms with van der Waals surface area (Å²) >= 11 is 6.02. The minimum atomic E-state index is -0.0443. The van der Waals surface area contributed by atoms with E-state index in [0.29, 0.717) is 36.2 Å². The van der Waals surface area contributed by atoms with Crippen LogP contribution in [0.2, 0.25) is 5.02 Å². The number of benzene rings is 2. The van der Waals surface area contributed by atoms with Gasteiger partial charge in [-0.3, -0.25) is 4.79 Å². The van der Waals surface area contributed by atoms with E-state index in [1.54, 1.807) is 12.1 Å². The quantitative estimate of drug-likeness (QED) is 0.652. The number of carbonyl (C=O) groups is 1. The smallest absolute Gasteiger partial charge is 0.257 e. The lowest BCUT2D eigenvalue weighted by Gasteiger charge is -2.21. The predicted octanol–water partition coefficient (Wildman–Crippen LogP) is 4.51. The monoisotopic (exact) mass is 381 g/mol. The molecular weight excluding hydrogens is 362 g/mol.